The zero-order valence-electron chi connectivity index (χ0n) is 8.31. The van der Waals surface area contributed by atoms with E-state index >= 15 is 0 Å². The maximum Gasteiger partial charge on any atom is 0.128 e. The van der Waals surface area contributed by atoms with Gasteiger partial charge in [-0.1, -0.05) is 0 Å². The lowest BCUT2D eigenvalue weighted by Gasteiger charge is -2.28. The van der Waals surface area contributed by atoms with Crippen molar-refractivity contribution in [1.29, 1.82) is 0 Å². The minimum Gasteiger partial charge on any atom is -0.367 e. The Balaban J connectivity index is 2.11. The van der Waals surface area contributed by atoms with Crippen LogP contribution >= 0.6 is 0 Å². The first-order valence-electron chi connectivity index (χ1n) is 4.78. The second-order valence-electron chi connectivity index (χ2n) is 3.60. The van der Waals surface area contributed by atoms with Gasteiger partial charge in [0, 0.05) is 24.4 Å². The van der Waals surface area contributed by atoms with Crippen LogP contribution in [0.5, 0.6) is 0 Å². The van der Waals surface area contributed by atoms with Gasteiger partial charge in [0.25, 0.3) is 0 Å². The average molecular weight is 201 g/mol. The first-order valence-corrected chi connectivity index (χ1v) is 4.78. The van der Waals surface area contributed by atoms with E-state index in [4.69, 9.17) is 0 Å². The van der Waals surface area contributed by atoms with E-state index in [2.05, 4.69) is 26.6 Å². The second-order valence-corrected chi connectivity index (χ2v) is 3.60. The number of aliphatic imine (C=N–C) groups is 1. The number of hydrogen-bond donors (Lipinski definition) is 2. The summed E-state index contributed by atoms with van der Waals surface area (Å²) in [6.07, 6.45) is 9.68. The van der Waals surface area contributed by atoms with Crippen LogP contribution in [0.3, 0.4) is 0 Å². The van der Waals surface area contributed by atoms with E-state index in [0.29, 0.717) is 0 Å². The van der Waals surface area contributed by atoms with Crippen molar-refractivity contribution < 1.29 is 0 Å². The number of aromatic nitrogens is 2. The fourth-order valence-electron chi connectivity index (χ4n) is 1.87. The molecule has 0 aliphatic carbocycles. The first kappa shape index (κ1) is 8.28. The van der Waals surface area contributed by atoms with E-state index in [1.807, 2.05) is 30.7 Å². The van der Waals surface area contributed by atoms with Crippen LogP contribution < -0.4 is 5.32 Å². The number of likely N-dealkylation sites (N-methyl/N-ethyl adjacent to an activating group) is 1. The van der Waals surface area contributed by atoms with Gasteiger partial charge >= 0.3 is 0 Å². The summed E-state index contributed by atoms with van der Waals surface area (Å²) in [5, 5.41) is 10.0. The van der Waals surface area contributed by atoms with Crippen LogP contribution in [0.25, 0.3) is 5.70 Å². The summed E-state index contributed by atoms with van der Waals surface area (Å²) in [4.78, 5) is 6.47. The summed E-state index contributed by atoms with van der Waals surface area (Å²) in [6.45, 7) is 0. The molecule has 0 aromatic carbocycles. The third-order valence-corrected chi connectivity index (χ3v) is 2.63. The minimum atomic E-state index is 0.201. The van der Waals surface area contributed by atoms with Crippen molar-refractivity contribution in [3.63, 3.8) is 0 Å². The molecule has 0 saturated carbocycles. The molecule has 5 nitrogen and oxygen atoms in total. The summed E-state index contributed by atoms with van der Waals surface area (Å²) in [7, 11) is 2.00. The van der Waals surface area contributed by atoms with Gasteiger partial charge in [0.05, 0.1) is 18.2 Å². The molecular weight excluding hydrogens is 190 g/mol. The van der Waals surface area contributed by atoms with Crippen LogP contribution in [0.2, 0.25) is 0 Å². The monoisotopic (exact) mass is 201 g/mol. The molecule has 0 amide bonds. The molecule has 0 spiro atoms. The molecule has 0 saturated heterocycles. The molecule has 1 aromatic heterocycles. The molecule has 15 heavy (non-hydrogen) atoms. The highest BCUT2D eigenvalue weighted by molar-refractivity contribution is 5.80. The molecule has 2 aliphatic heterocycles. The quantitative estimate of drug-likeness (QED) is 0.697. The fraction of sp³-hybridized carbons (Fsp3) is 0.200. The van der Waals surface area contributed by atoms with Gasteiger partial charge in [0.2, 0.25) is 0 Å². The number of aromatic amines is 1. The highest BCUT2D eigenvalue weighted by Gasteiger charge is 2.26. The summed E-state index contributed by atoms with van der Waals surface area (Å²) in [5.74, 6) is 0. The van der Waals surface area contributed by atoms with E-state index in [0.717, 1.165) is 11.3 Å². The number of rotatable bonds is 1. The molecule has 0 fully saturated rings. The first-order chi connectivity index (χ1) is 7.36. The van der Waals surface area contributed by atoms with Crippen molar-refractivity contribution in [3.05, 3.63) is 35.8 Å². The maximum absolute atomic E-state index is 4.42. The Labute approximate surface area is 87.2 Å². The third-order valence-electron chi connectivity index (χ3n) is 2.63. The summed E-state index contributed by atoms with van der Waals surface area (Å²) in [5.41, 5.74) is 3.18. The lowest BCUT2D eigenvalue weighted by Crippen LogP contribution is -2.40. The Kier molecular flexibility index (Phi) is 1.65. The van der Waals surface area contributed by atoms with E-state index in [1.54, 1.807) is 6.20 Å². The predicted octanol–water partition coefficient (Wildman–Crippen LogP) is 0.537. The largest absolute Gasteiger partial charge is 0.367 e. The number of nitrogens with one attached hydrogen (secondary N) is 2. The van der Waals surface area contributed by atoms with E-state index in [1.165, 1.54) is 5.57 Å². The van der Waals surface area contributed by atoms with Gasteiger partial charge in [-0.2, -0.15) is 5.10 Å². The third kappa shape index (κ3) is 1.16. The average Bonchev–Trinajstić information content (AvgIpc) is 2.88. The Morgan fingerprint density at radius 3 is 3.20 bits per heavy atom. The van der Waals surface area contributed by atoms with Crippen molar-refractivity contribution in [3.8, 4) is 0 Å². The molecule has 1 aromatic rings. The normalized spacial score (nSPS) is 23.3. The fourth-order valence-corrected chi connectivity index (χ4v) is 1.87. The summed E-state index contributed by atoms with van der Waals surface area (Å²) >= 11 is 0. The van der Waals surface area contributed by atoms with Crippen molar-refractivity contribution in [2.75, 3.05) is 7.05 Å². The van der Waals surface area contributed by atoms with Crippen LogP contribution in [-0.2, 0) is 0 Å². The highest BCUT2D eigenvalue weighted by Crippen LogP contribution is 2.28. The predicted molar refractivity (Wildman–Crippen MR) is 57.8 cm³/mol. The van der Waals surface area contributed by atoms with E-state index in [-0.39, 0.29) is 6.17 Å². The molecular formula is C10H11N5. The minimum absolute atomic E-state index is 0.201. The zero-order chi connectivity index (χ0) is 10.3. The van der Waals surface area contributed by atoms with Crippen molar-refractivity contribution >= 4 is 12.0 Å². The Morgan fingerprint density at radius 2 is 2.40 bits per heavy atom. The smallest absolute Gasteiger partial charge is 0.128 e. The molecule has 2 N–H and O–H groups in total. The molecule has 0 bridgehead atoms. The molecule has 3 heterocycles. The van der Waals surface area contributed by atoms with Crippen LogP contribution in [-0.4, -0.2) is 34.6 Å². The Hall–Kier alpha value is -2.04. The van der Waals surface area contributed by atoms with Gasteiger partial charge < -0.3 is 10.2 Å². The van der Waals surface area contributed by atoms with Gasteiger partial charge in [0.15, 0.2) is 0 Å². The summed E-state index contributed by atoms with van der Waals surface area (Å²) < 4.78 is 0. The Bertz CT molecular complexity index is 454. The van der Waals surface area contributed by atoms with Gasteiger partial charge in [-0.25, -0.2) is 4.99 Å². The van der Waals surface area contributed by atoms with Gasteiger partial charge in [0.1, 0.15) is 6.17 Å². The molecule has 2 aliphatic rings. The second kappa shape index (κ2) is 2.98. The molecule has 1 unspecified atom stereocenters. The van der Waals surface area contributed by atoms with E-state index < -0.39 is 0 Å². The SMILES string of the molecule is CN1C=NC(c2cn[nH]c2)=C2C=CNC21. The Morgan fingerprint density at radius 1 is 1.47 bits per heavy atom. The van der Waals surface area contributed by atoms with Crippen LogP contribution in [0.15, 0.2) is 35.2 Å². The lowest BCUT2D eigenvalue weighted by atomic mass is 10.1. The van der Waals surface area contributed by atoms with Crippen LogP contribution in [0.1, 0.15) is 5.56 Å². The highest BCUT2D eigenvalue weighted by atomic mass is 15.3. The lowest BCUT2D eigenvalue weighted by molar-refractivity contribution is 0.399. The topological polar surface area (TPSA) is 56.3 Å². The van der Waals surface area contributed by atoms with Crippen LogP contribution in [0.4, 0.5) is 0 Å². The van der Waals surface area contributed by atoms with E-state index in [9.17, 15) is 0 Å². The van der Waals surface area contributed by atoms with Gasteiger partial charge in [-0.3, -0.25) is 5.10 Å². The number of nitrogens with zero attached hydrogens (tertiary/aromatic N) is 3. The number of H-pyrrole nitrogens is 1. The van der Waals surface area contributed by atoms with Crippen molar-refractivity contribution in [1.82, 2.24) is 20.4 Å². The molecule has 5 heteroatoms. The summed E-state index contributed by atoms with van der Waals surface area (Å²) in [6, 6.07) is 0. The molecule has 3 rings (SSSR count). The van der Waals surface area contributed by atoms with Crippen LogP contribution in [0, 0.1) is 0 Å². The zero-order valence-corrected chi connectivity index (χ0v) is 8.31. The van der Waals surface area contributed by atoms with Gasteiger partial charge in [-0.05, 0) is 12.3 Å². The molecule has 0 radical (unpaired) electrons. The van der Waals surface area contributed by atoms with Crippen molar-refractivity contribution in [2.24, 2.45) is 4.99 Å². The molecule has 76 valence electrons. The number of fused-ring (bicyclic) bond motifs is 1. The number of hydrogen-bond acceptors (Lipinski definition) is 4. The van der Waals surface area contributed by atoms with Crippen molar-refractivity contribution in [2.45, 2.75) is 6.17 Å². The standard InChI is InChI=1S/C10H11N5/c1-15-6-12-9(7-4-13-14-5-7)8-2-3-11-10(8)15/h2-6,10-11H,1H3,(H,13,14). The van der Waals surface area contributed by atoms with Gasteiger partial charge in [-0.15, -0.1) is 0 Å². The maximum atomic E-state index is 4.42. The molecule has 1 atom stereocenters.